The van der Waals surface area contributed by atoms with Crippen LogP contribution in [0.15, 0.2) is 60.0 Å². The fourth-order valence-electron chi connectivity index (χ4n) is 2.86. The number of ether oxygens (including phenoxy) is 3. The van der Waals surface area contributed by atoms with Crippen LogP contribution in [-0.2, 0) is 20.4 Å². The maximum atomic E-state index is 13.1. The predicted octanol–water partition coefficient (Wildman–Crippen LogP) is 5.25. The third-order valence-electron chi connectivity index (χ3n) is 4.40. The van der Waals surface area contributed by atoms with Crippen LogP contribution in [0.1, 0.15) is 15.2 Å². The minimum atomic E-state index is -4.61. The number of amides is 1. The summed E-state index contributed by atoms with van der Waals surface area (Å²) >= 11 is 1.16. The van der Waals surface area contributed by atoms with E-state index in [2.05, 4.69) is 5.32 Å². The lowest BCUT2D eigenvalue weighted by atomic mass is 10.1. The fourth-order valence-corrected chi connectivity index (χ4v) is 3.67. The van der Waals surface area contributed by atoms with Crippen LogP contribution in [-0.4, -0.2) is 38.8 Å². The van der Waals surface area contributed by atoms with Gasteiger partial charge in [-0.05, 0) is 35.2 Å². The first-order valence-electron chi connectivity index (χ1n) is 9.72. The molecular weight excluding hydrogens is 459 g/mol. The second-order valence-electron chi connectivity index (χ2n) is 6.70. The number of rotatable bonds is 9. The molecule has 2 aromatic carbocycles. The third-order valence-corrected chi connectivity index (χ3v) is 5.29. The highest BCUT2D eigenvalue weighted by molar-refractivity contribution is 7.12. The van der Waals surface area contributed by atoms with Crippen LogP contribution >= 0.6 is 11.3 Å². The summed E-state index contributed by atoms with van der Waals surface area (Å²) in [4.78, 5) is 25.2. The van der Waals surface area contributed by atoms with Gasteiger partial charge < -0.3 is 19.5 Å². The van der Waals surface area contributed by atoms with Crippen molar-refractivity contribution in [2.24, 2.45) is 0 Å². The van der Waals surface area contributed by atoms with Gasteiger partial charge in [-0.2, -0.15) is 13.2 Å². The summed E-state index contributed by atoms with van der Waals surface area (Å²) in [5.74, 6) is -1.49. The number of alkyl halides is 3. The Morgan fingerprint density at radius 2 is 1.79 bits per heavy atom. The van der Waals surface area contributed by atoms with Gasteiger partial charge in [0.05, 0.1) is 17.9 Å². The van der Waals surface area contributed by atoms with Crippen LogP contribution in [0.5, 0.6) is 5.75 Å². The minimum Gasteiger partial charge on any atom is -0.489 e. The molecule has 10 heteroatoms. The average molecular weight is 479 g/mol. The summed E-state index contributed by atoms with van der Waals surface area (Å²) in [5.41, 5.74) is 0.331. The Morgan fingerprint density at radius 3 is 2.48 bits per heavy atom. The molecule has 1 heterocycles. The van der Waals surface area contributed by atoms with E-state index in [1.165, 1.54) is 7.11 Å². The molecule has 0 fully saturated rings. The number of methoxy groups -OCH3 is 1. The lowest BCUT2D eigenvalue weighted by Crippen LogP contribution is -2.22. The molecule has 1 N–H and O–H groups in total. The molecule has 0 unspecified atom stereocenters. The zero-order valence-corrected chi connectivity index (χ0v) is 18.3. The van der Waals surface area contributed by atoms with Crippen molar-refractivity contribution in [1.82, 2.24) is 0 Å². The molecule has 1 amide bonds. The van der Waals surface area contributed by atoms with Crippen molar-refractivity contribution in [3.8, 4) is 16.9 Å². The average Bonchev–Trinajstić information content (AvgIpc) is 3.28. The first-order valence-corrected chi connectivity index (χ1v) is 10.6. The zero-order chi connectivity index (χ0) is 23.8. The van der Waals surface area contributed by atoms with Crippen LogP contribution in [0.3, 0.4) is 0 Å². The van der Waals surface area contributed by atoms with E-state index in [-0.39, 0.29) is 24.7 Å². The van der Waals surface area contributed by atoms with Crippen molar-refractivity contribution in [3.63, 3.8) is 0 Å². The summed E-state index contributed by atoms with van der Waals surface area (Å²) in [5, 5.41) is 4.05. The number of thiophene rings is 1. The minimum absolute atomic E-state index is 0.0318. The van der Waals surface area contributed by atoms with E-state index in [0.29, 0.717) is 10.4 Å². The maximum Gasteiger partial charge on any atom is 0.416 e. The summed E-state index contributed by atoms with van der Waals surface area (Å²) in [6, 6.07) is 13.7. The highest BCUT2D eigenvalue weighted by Gasteiger charge is 2.31. The topological polar surface area (TPSA) is 73.9 Å². The van der Waals surface area contributed by atoms with E-state index in [1.807, 2.05) is 30.3 Å². The molecule has 0 saturated carbocycles. The van der Waals surface area contributed by atoms with Crippen molar-refractivity contribution in [1.29, 1.82) is 0 Å². The van der Waals surface area contributed by atoms with E-state index in [4.69, 9.17) is 14.2 Å². The van der Waals surface area contributed by atoms with E-state index in [9.17, 15) is 22.8 Å². The Hall–Kier alpha value is -3.37. The summed E-state index contributed by atoms with van der Waals surface area (Å²) in [6.07, 6.45) is -4.61. The molecule has 3 aromatic rings. The summed E-state index contributed by atoms with van der Waals surface area (Å²) < 4.78 is 54.6. The molecule has 0 bridgehead atoms. The molecule has 0 aliphatic carbocycles. The molecule has 6 nitrogen and oxygen atoms in total. The second kappa shape index (κ2) is 11.0. The highest BCUT2D eigenvalue weighted by Crippen LogP contribution is 2.35. The molecule has 0 aliphatic heterocycles. The van der Waals surface area contributed by atoms with Crippen molar-refractivity contribution >= 4 is 28.9 Å². The molecule has 0 spiro atoms. The predicted molar refractivity (Wildman–Crippen MR) is 117 cm³/mol. The van der Waals surface area contributed by atoms with Crippen molar-refractivity contribution < 1.29 is 37.0 Å². The number of nitrogens with one attached hydrogen (secondary N) is 1. The first kappa shape index (κ1) is 24.3. The van der Waals surface area contributed by atoms with Crippen LogP contribution in [0.25, 0.3) is 11.1 Å². The Labute approximate surface area is 191 Å². The van der Waals surface area contributed by atoms with Crippen LogP contribution in [0.4, 0.5) is 18.9 Å². The van der Waals surface area contributed by atoms with Gasteiger partial charge in [-0.1, -0.05) is 30.3 Å². The number of anilines is 1. The van der Waals surface area contributed by atoms with Gasteiger partial charge in [0.25, 0.3) is 5.91 Å². The second-order valence-corrected chi connectivity index (χ2v) is 7.62. The lowest BCUT2D eigenvalue weighted by Gasteiger charge is -2.15. The molecule has 0 atom stereocenters. The molecular formula is C23H20F3NO5S. The Kier molecular flexibility index (Phi) is 8.07. The van der Waals surface area contributed by atoms with Crippen molar-refractivity contribution in [2.45, 2.75) is 6.18 Å². The monoisotopic (exact) mass is 479 g/mol. The van der Waals surface area contributed by atoms with Crippen LogP contribution in [0, 0.1) is 0 Å². The number of halogens is 3. The van der Waals surface area contributed by atoms with Gasteiger partial charge in [0, 0.05) is 12.7 Å². The summed E-state index contributed by atoms with van der Waals surface area (Å²) in [6.45, 7) is -0.407. The SMILES string of the molecule is COCCOc1ccc(C(F)(F)F)cc1NC(=O)COC(=O)c1sccc1-c1ccccc1. The number of carbonyl (C=O) groups is 2. The van der Waals surface area contributed by atoms with Gasteiger partial charge >= 0.3 is 12.1 Å². The van der Waals surface area contributed by atoms with Crippen molar-refractivity contribution in [3.05, 3.63) is 70.4 Å². The molecule has 1 aromatic heterocycles. The van der Waals surface area contributed by atoms with Gasteiger partial charge in [-0.15, -0.1) is 11.3 Å². The van der Waals surface area contributed by atoms with E-state index in [1.54, 1.807) is 11.4 Å². The normalized spacial score (nSPS) is 11.2. The third kappa shape index (κ3) is 6.56. The van der Waals surface area contributed by atoms with Crippen LogP contribution < -0.4 is 10.1 Å². The number of hydrogen-bond acceptors (Lipinski definition) is 6. The summed E-state index contributed by atoms with van der Waals surface area (Å²) in [7, 11) is 1.45. The zero-order valence-electron chi connectivity index (χ0n) is 17.5. The Balaban J connectivity index is 1.68. The van der Waals surface area contributed by atoms with Gasteiger partial charge in [0.1, 0.15) is 17.2 Å². The quantitative estimate of drug-likeness (QED) is 0.335. The highest BCUT2D eigenvalue weighted by atomic mass is 32.1. The molecule has 33 heavy (non-hydrogen) atoms. The number of carbonyl (C=O) groups excluding carboxylic acids is 2. The molecule has 0 aliphatic rings. The van der Waals surface area contributed by atoms with Crippen LogP contribution in [0.2, 0.25) is 0 Å². The largest absolute Gasteiger partial charge is 0.489 e. The maximum absolute atomic E-state index is 13.1. The number of hydrogen-bond donors (Lipinski definition) is 1. The Morgan fingerprint density at radius 1 is 1.03 bits per heavy atom. The molecule has 0 radical (unpaired) electrons. The van der Waals surface area contributed by atoms with E-state index < -0.39 is 30.2 Å². The van der Waals surface area contributed by atoms with Crippen molar-refractivity contribution in [2.75, 3.05) is 32.2 Å². The molecule has 0 saturated heterocycles. The molecule has 3 rings (SSSR count). The Bertz CT molecular complexity index is 1100. The van der Waals surface area contributed by atoms with E-state index in [0.717, 1.165) is 35.1 Å². The van der Waals surface area contributed by atoms with Gasteiger partial charge in [0.2, 0.25) is 0 Å². The lowest BCUT2D eigenvalue weighted by molar-refractivity contribution is -0.137. The van der Waals surface area contributed by atoms with E-state index >= 15 is 0 Å². The standard InChI is InChI=1S/C23H20F3NO5S/c1-30-10-11-31-19-8-7-16(23(24,25)26)13-18(19)27-20(28)14-32-22(29)21-17(9-12-33-21)15-5-3-2-4-6-15/h2-9,12-13H,10-11,14H2,1H3,(H,27,28). The fraction of sp³-hybridized carbons (Fsp3) is 0.217. The smallest absolute Gasteiger partial charge is 0.416 e. The number of esters is 1. The van der Waals surface area contributed by atoms with Gasteiger partial charge in [0.15, 0.2) is 6.61 Å². The molecule has 174 valence electrons. The van der Waals surface area contributed by atoms with Gasteiger partial charge in [-0.25, -0.2) is 4.79 Å². The number of benzene rings is 2. The first-order chi connectivity index (χ1) is 15.8. The van der Waals surface area contributed by atoms with Gasteiger partial charge in [-0.3, -0.25) is 4.79 Å².